The van der Waals surface area contributed by atoms with Crippen molar-refractivity contribution in [2.75, 3.05) is 6.54 Å². The highest BCUT2D eigenvalue weighted by Gasteiger charge is 2.46. The van der Waals surface area contributed by atoms with E-state index in [0.29, 0.717) is 6.42 Å². The second-order valence-corrected chi connectivity index (χ2v) is 4.66. The van der Waals surface area contributed by atoms with E-state index in [1.54, 1.807) is 12.5 Å². The lowest BCUT2D eigenvalue weighted by molar-refractivity contribution is -0.151. The summed E-state index contributed by atoms with van der Waals surface area (Å²) in [5, 5.41) is 2.67. The molecule has 8 heteroatoms. The van der Waals surface area contributed by atoms with Crippen LogP contribution in [0.1, 0.15) is 39.5 Å². The molecule has 1 aliphatic heterocycles. The van der Waals surface area contributed by atoms with Crippen molar-refractivity contribution in [2.24, 2.45) is 5.84 Å². The molecule has 0 saturated carbocycles. The number of carbonyl (C=O) groups is 3. The summed E-state index contributed by atoms with van der Waals surface area (Å²) in [6, 6.07) is -0.475. The Hall–Kier alpha value is -1.67. The molecular formula is C11H20N4O4. The van der Waals surface area contributed by atoms with Gasteiger partial charge in [-0.2, -0.15) is 0 Å². The molecule has 0 aromatic carbocycles. The summed E-state index contributed by atoms with van der Waals surface area (Å²) < 4.78 is 0. The van der Waals surface area contributed by atoms with Crippen molar-refractivity contribution < 1.29 is 19.2 Å². The monoisotopic (exact) mass is 272 g/mol. The first kappa shape index (κ1) is 15.4. The van der Waals surface area contributed by atoms with E-state index in [0.717, 1.165) is 17.7 Å². The SMILES string of the molecule is CCCCC1(C)NC(=O)N(CCC(=O)ONN)C1=O. The van der Waals surface area contributed by atoms with Crippen LogP contribution in [0.4, 0.5) is 4.79 Å². The minimum absolute atomic E-state index is 0.0209. The molecule has 0 spiro atoms. The summed E-state index contributed by atoms with van der Waals surface area (Å²) in [5.41, 5.74) is 0.884. The Bertz CT molecular complexity index is 374. The molecule has 0 radical (unpaired) electrons. The second kappa shape index (κ2) is 6.48. The van der Waals surface area contributed by atoms with Gasteiger partial charge in [0.15, 0.2) is 0 Å². The average molecular weight is 272 g/mol. The van der Waals surface area contributed by atoms with Crippen LogP contribution >= 0.6 is 0 Å². The molecule has 1 atom stereocenters. The number of urea groups is 1. The normalized spacial score (nSPS) is 22.6. The molecule has 1 fully saturated rings. The molecule has 3 amide bonds. The molecule has 108 valence electrons. The highest BCUT2D eigenvalue weighted by Crippen LogP contribution is 2.23. The van der Waals surface area contributed by atoms with Crippen molar-refractivity contribution in [3.8, 4) is 0 Å². The Kier molecular flexibility index (Phi) is 5.25. The fourth-order valence-corrected chi connectivity index (χ4v) is 1.97. The number of amides is 3. The molecule has 0 aromatic rings. The van der Waals surface area contributed by atoms with Gasteiger partial charge in [-0.15, -0.1) is 0 Å². The van der Waals surface area contributed by atoms with Crippen molar-refractivity contribution >= 4 is 17.9 Å². The Morgan fingerprint density at radius 3 is 2.79 bits per heavy atom. The van der Waals surface area contributed by atoms with E-state index in [2.05, 4.69) is 10.2 Å². The number of hydrogen-bond acceptors (Lipinski definition) is 6. The van der Waals surface area contributed by atoms with Crippen molar-refractivity contribution in [3.63, 3.8) is 0 Å². The maximum absolute atomic E-state index is 12.2. The fourth-order valence-electron chi connectivity index (χ4n) is 1.97. The van der Waals surface area contributed by atoms with Crippen molar-refractivity contribution in [3.05, 3.63) is 0 Å². The van der Waals surface area contributed by atoms with Gasteiger partial charge in [0.25, 0.3) is 5.91 Å². The molecule has 0 bridgehead atoms. The molecule has 1 aliphatic rings. The van der Waals surface area contributed by atoms with Crippen molar-refractivity contribution in [1.82, 2.24) is 15.8 Å². The van der Waals surface area contributed by atoms with E-state index in [9.17, 15) is 14.4 Å². The summed E-state index contributed by atoms with van der Waals surface area (Å²) in [4.78, 5) is 40.4. The Balaban J connectivity index is 2.58. The van der Waals surface area contributed by atoms with Gasteiger partial charge in [-0.1, -0.05) is 25.4 Å². The van der Waals surface area contributed by atoms with Gasteiger partial charge < -0.3 is 10.2 Å². The first-order valence-electron chi connectivity index (χ1n) is 6.24. The Labute approximate surface area is 111 Å². The molecule has 19 heavy (non-hydrogen) atoms. The number of hydrogen-bond donors (Lipinski definition) is 3. The number of nitrogens with two attached hydrogens (primary N) is 1. The maximum Gasteiger partial charge on any atom is 0.328 e. The van der Waals surface area contributed by atoms with E-state index < -0.39 is 17.5 Å². The van der Waals surface area contributed by atoms with Crippen LogP contribution in [0.25, 0.3) is 0 Å². The van der Waals surface area contributed by atoms with Crippen LogP contribution in [0.2, 0.25) is 0 Å². The third-order valence-electron chi connectivity index (χ3n) is 3.09. The minimum Gasteiger partial charge on any atom is -0.356 e. The third kappa shape index (κ3) is 3.65. The highest BCUT2D eigenvalue weighted by molar-refractivity contribution is 6.06. The summed E-state index contributed by atoms with van der Waals surface area (Å²) >= 11 is 0. The third-order valence-corrected chi connectivity index (χ3v) is 3.09. The molecular weight excluding hydrogens is 252 g/mol. The fraction of sp³-hybridized carbons (Fsp3) is 0.727. The Morgan fingerprint density at radius 2 is 2.21 bits per heavy atom. The van der Waals surface area contributed by atoms with Crippen LogP contribution in [0.15, 0.2) is 0 Å². The maximum atomic E-state index is 12.2. The van der Waals surface area contributed by atoms with Crippen molar-refractivity contribution in [2.45, 2.75) is 45.1 Å². The predicted octanol–water partition coefficient (Wildman–Crippen LogP) is -0.201. The van der Waals surface area contributed by atoms with Crippen molar-refractivity contribution in [1.29, 1.82) is 0 Å². The van der Waals surface area contributed by atoms with Gasteiger partial charge in [0, 0.05) is 6.54 Å². The first-order valence-corrected chi connectivity index (χ1v) is 6.24. The van der Waals surface area contributed by atoms with Gasteiger partial charge in [0.1, 0.15) is 5.54 Å². The topological polar surface area (TPSA) is 114 Å². The summed E-state index contributed by atoms with van der Waals surface area (Å²) in [6.07, 6.45) is 2.26. The van der Waals surface area contributed by atoms with E-state index in [-0.39, 0.29) is 18.9 Å². The van der Waals surface area contributed by atoms with Gasteiger partial charge in [-0.25, -0.2) is 10.6 Å². The van der Waals surface area contributed by atoms with Crippen LogP contribution in [-0.2, 0) is 14.4 Å². The molecule has 1 saturated heterocycles. The van der Waals surface area contributed by atoms with E-state index in [4.69, 9.17) is 5.84 Å². The predicted molar refractivity (Wildman–Crippen MR) is 66.2 cm³/mol. The van der Waals surface area contributed by atoms with Gasteiger partial charge in [0.05, 0.1) is 6.42 Å². The molecule has 1 unspecified atom stereocenters. The summed E-state index contributed by atoms with van der Waals surface area (Å²) in [6.45, 7) is 3.69. The van der Waals surface area contributed by atoms with Crippen LogP contribution in [0, 0.1) is 0 Å². The second-order valence-electron chi connectivity index (χ2n) is 4.66. The number of nitrogens with one attached hydrogen (secondary N) is 2. The van der Waals surface area contributed by atoms with E-state index in [1.807, 2.05) is 6.92 Å². The van der Waals surface area contributed by atoms with E-state index in [1.165, 1.54) is 0 Å². The largest absolute Gasteiger partial charge is 0.356 e. The van der Waals surface area contributed by atoms with Gasteiger partial charge in [0.2, 0.25) is 0 Å². The number of imide groups is 1. The molecule has 1 heterocycles. The average Bonchev–Trinajstić information content (AvgIpc) is 2.57. The Morgan fingerprint density at radius 1 is 1.53 bits per heavy atom. The number of hydrazine groups is 1. The molecule has 1 rings (SSSR count). The smallest absolute Gasteiger partial charge is 0.328 e. The summed E-state index contributed by atoms with van der Waals surface area (Å²) in [5.74, 6) is 3.87. The van der Waals surface area contributed by atoms with Crippen LogP contribution in [0.5, 0.6) is 0 Å². The molecule has 4 N–H and O–H groups in total. The highest BCUT2D eigenvalue weighted by atomic mass is 16.7. The number of carbonyl (C=O) groups excluding carboxylic acids is 3. The van der Waals surface area contributed by atoms with E-state index >= 15 is 0 Å². The number of unbranched alkanes of at least 4 members (excludes halogenated alkanes) is 1. The van der Waals surface area contributed by atoms with Crippen LogP contribution in [-0.4, -0.2) is 34.9 Å². The van der Waals surface area contributed by atoms with Gasteiger partial charge >= 0.3 is 12.0 Å². The lowest BCUT2D eigenvalue weighted by Gasteiger charge is -2.21. The van der Waals surface area contributed by atoms with Crippen LogP contribution < -0.4 is 16.7 Å². The van der Waals surface area contributed by atoms with Gasteiger partial charge in [-0.05, 0) is 13.3 Å². The zero-order valence-electron chi connectivity index (χ0n) is 11.2. The first-order chi connectivity index (χ1) is 8.94. The lowest BCUT2D eigenvalue weighted by Crippen LogP contribution is -2.44. The lowest BCUT2D eigenvalue weighted by atomic mass is 9.95. The van der Waals surface area contributed by atoms with Gasteiger partial charge in [-0.3, -0.25) is 14.5 Å². The summed E-state index contributed by atoms with van der Waals surface area (Å²) in [7, 11) is 0. The molecule has 0 aliphatic carbocycles. The quantitative estimate of drug-likeness (QED) is 0.336. The standard InChI is InChI=1S/C11H20N4O4/c1-3-4-6-11(2)9(17)15(10(18)13-11)7-5-8(16)19-14-12/h14H,3-7,12H2,1-2H3,(H,13,18). The zero-order valence-corrected chi connectivity index (χ0v) is 11.2. The van der Waals surface area contributed by atoms with Crippen LogP contribution in [0.3, 0.4) is 0 Å². The number of rotatable bonds is 7. The zero-order chi connectivity index (χ0) is 14.5. The molecule has 8 nitrogen and oxygen atoms in total. The number of nitrogens with zero attached hydrogens (tertiary/aromatic N) is 1. The molecule has 0 aromatic heterocycles. The minimum atomic E-state index is -0.872.